The first-order valence-electron chi connectivity index (χ1n) is 7.33. The third kappa shape index (κ3) is 3.22. The van der Waals surface area contributed by atoms with E-state index in [1.54, 1.807) is 6.20 Å². The Labute approximate surface area is 138 Å². The number of fused-ring (bicyclic) bond motifs is 1. The largest absolute Gasteiger partial charge is 0.325 e. The molecule has 0 saturated heterocycles. The standard InChI is InChI=1S/C18H17BrN2O/c19-16-9-3-1-6-14(16)11-12-20-18(22)21-13-5-8-15-7-2-4-10-17(15)21/h1-4,6-7,9-12H,5,8,13H2,(H,20,22)/b12-11+. The van der Waals surface area contributed by atoms with Gasteiger partial charge in [-0.1, -0.05) is 52.3 Å². The van der Waals surface area contributed by atoms with E-state index in [1.165, 1.54) is 5.56 Å². The third-order valence-electron chi connectivity index (χ3n) is 3.73. The second kappa shape index (κ2) is 6.79. The number of aryl methyl sites for hydroxylation is 1. The Hall–Kier alpha value is -2.07. The number of carbonyl (C=O) groups is 1. The highest BCUT2D eigenvalue weighted by atomic mass is 79.9. The van der Waals surface area contributed by atoms with E-state index >= 15 is 0 Å². The molecule has 0 bridgehead atoms. The average molecular weight is 357 g/mol. The first-order valence-corrected chi connectivity index (χ1v) is 8.12. The van der Waals surface area contributed by atoms with Crippen LogP contribution >= 0.6 is 15.9 Å². The van der Waals surface area contributed by atoms with Gasteiger partial charge in [0.1, 0.15) is 0 Å². The lowest BCUT2D eigenvalue weighted by molar-refractivity contribution is 0.249. The number of anilines is 1. The van der Waals surface area contributed by atoms with Crippen molar-refractivity contribution >= 4 is 33.7 Å². The topological polar surface area (TPSA) is 32.3 Å². The van der Waals surface area contributed by atoms with Crippen LogP contribution in [-0.4, -0.2) is 12.6 Å². The van der Waals surface area contributed by atoms with Crippen LogP contribution in [0.4, 0.5) is 10.5 Å². The van der Waals surface area contributed by atoms with Crippen LogP contribution < -0.4 is 10.2 Å². The van der Waals surface area contributed by atoms with Crippen molar-refractivity contribution in [2.24, 2.45) is 0 Å². The zero-order valence-electron chi connectivity index (χ0n) is 12.1. The molecule has 22 heavy (non-hydrogen) atoms. The second-order valence-electron chi connectivity index (χ2n) is 5.19. The summed E-state index contributed by atoms with van der Waals surface area (Å²) in [7, 11) is 0. The lowest BCUT2D eigenvalue weighted by atomic mass is 10.0. The van der Waals surface area contributed by atoms with Gasteiger partial charge in [-0.2, -0.15) is 0 Å². The third-order valence-corrected chi connectivity index (χ3v) is 4.45. The van der Waals surface area contributed by atoms with Gasteiger partial charge >= 0.3 is 6.03 Å². The van der Waals surface area contributed by atoms with Crippen LogP contribution in [0, 0.1) is 0 Å². The van der Waals surface area contributed by atoms with Crippen LogP contribution in [0.5, 0.6) is 0 Å². The van der Waals surface area contributed by atoms with Gasteiger partial charge in [-0.25, -0.2) is 4.79 Å². The lowest BCUT2D eigenvalue weighted by Gasteiger charge is -2.28. The van der Waals surface area contributed by atoms with Crippen molar-refractivity contribution in [3.63, 3.8) is 0 Å². The summed E-state index contributed by atoms with van der Waals surface area (Å²) >= 11 is 3.49. The summed E-state index contributed by atoms with van der Waals surface area (Å²) in [6, 6.07) is 15.9. The molecule has 3 rings (SSSR count). The number of urea groups is 1. The number of hydrogen-bond donors (Lipinski definition) is 1. The Morgan fingerprint density at radius 2 is 1.91 bits per heavy atom. The lowest BCUT2D eigenvalue weighted by Crippen LogP contribution is -2.40. The van der Waals surface area contributed by atoms with Crippen molar-refractivity contribution in [2.75, 3.05) is 11.4 Å². The second-order valence-corrected chi connectivity index (χ2v) is 6.04. The van der Waals surface area contributed by atoms with E-state index < -0.39 is 0 Å². The minimum Gasteiger partial charge on any atom is -0.314 e. The Morgan fingerprint density at radius 3 is 2.77 bits per heavy atom. The number of nitrogens with one attached hydrogen (secondary N) is 1. The fourth-order valence-corrected chi connectivity index (χ4v) is 3.05. The molecule has 0 aromatic heterocycles. The molecule has 2 aromatic carbocycles. The molecule has 2 aromatic rings. The van der Waals surface area contributed by atoms with E-state index in [0.29, 0.717) is 0 Å². The molecule has 1 aliphatic rings. The maximum atomic E-state index is 12.4. The van der Waals surface area contributed by atoms with Crippen molar-refractivity contribution in [3.8, 4) is 0 Å². The van der Waals surface area contributed by atoms with Crippen LogP contribution in [0.3, 0.4) is 0 Å². The molecule has 0 radical (unpaired) electrons. The highest BCUT2D eigenvalue weighted by Gasteiger charge is 2.21. The van der Waals surface area contributed by atoms with Crippen LogP contribution in [0.2, 0.25) is 0 Å². The van der Waals surface area contributed by atoms with E-state index in [1.807, 2.05) is 53.4 Å². The van der Waals surface area contributed by atoms with Crippen LogP contribution in [-0.2, 0) is 6.42 Å². The highest BCUT2D eigenvalue weighted by Crippen LogP contribution is 2.26. The first-order chi connectivity index (χ1) is 10.8. The minimum absolute atomic E-state index is 0.0875. The summed E-state index contributed by atoms with van der Waals surface area (Å²) in [4.78, 5) is 14.2. The van der Waals surface area contributed by atoms with Gasteiger partial charge in [-0.05, 0) is 42.2 Å². The summed E-state index contributed by atoms with van der Waals surface area (Å²) in [5, 5.41) is 2.85. The predicted molar refractivity (Wildman–Crippen MR) is 93.8 cm³/mol. The van der Waals surface area contributed by atoms with Gasteiger partial charge in [-0.15, -0.1) is 0 Å². The van der Waals surface area contributed by atoms with Crippen molar-refractivity contribution in [3.05, 3.63) is 70.3 Å². The van der Waals surface area contributed by atoms with E-state index in [9.17, 15) is 4.79 Å². The van der Waals surface area contributed by atoms with Crippen LogP contribution in [0.1, 0.15) is 17.5 Å². The van der Waals surface area contributed by atoms with Gasteiger partial charge in [-0.3, -0.25) is 4.90 Å². The smallest absolute Gasteiger partial charge is 0.314 e. The molecule has 0 atom stereocenters. The molecule has 0 spiro atoms. The summed E-state index contributed by atoms with van der Waals surface area (Å²) in [6.45, 7) is 0.756. The zero-order chi connectivity index (χ0) is 15.4. The van der Waals surface area contributed by atoms with E-state index in [0.717, 1.165) is 35.1 Å². The van der Waals surface area contributed by atoms with E-state index in [4.69, 9.17) is 0 Å². The van der Waals surface area contributed by atoms with Crippen molar-refractivity contribution in [1.82, 2.24) is 5.32 Å². The highest BCUT2D eigenvalue weighted by molar-refractivity contribution is 9.10. The van der Waals surface area contributed by atoms with Gasteiger partial charge < -0.3 is 5.32 Å². The molecule has 2 amide bonds. The molecular weight excluding hydrogens is 340 g/mol. The average Bonchev–Trinajstić information content (AvgIpc) is 2.56. The molecule has 0 saturated carbocycles. The van der Waals surface area contributed by atoms with E-state index in [-0.39, 0.29) is 6.03 Å². The number of nitrogens with zero attached hydrogens (tertiary/aromatic N) is 1. The molecule has 3 nitrogen and oxygen atoms in total. The SMILES string of the molecule is O=C(N/C=C/c1ccccc1Br)N1CCCc2ccccc21. The van der Waals surface area contributed by atoms with Gasteiger partial charge in [0.2, 0.25) is 0 Å². The van der Waals surface area contributed by atoms with Gasteiger partial charge in [0.25, 0.3) is 0 Å². The first kappa shape index (κ1) is 14.9. The summed E-state index contributed by atoms with van der Waals surface area (Å²) < 4.78 is 1.00. The number of halogens is 1. The maximum Gasteiger partial charge on any atom is 0.325 e. The molecule has 1 aliphatic heterocycles. The van der Waals surface area contributed by atoms with Crippen LogP contribution in [0.25, 0.3) is 6.08 Å². The molecule has 4 heteroatoms. The molecule has 0 aliphatic carbocycles. The number of para-hydroxylation sites is 1. The van der Waals surface area contributed by atoms with Gasteiger partial charge in [0.05, 0.1) is 0 Å². The zero-order valence-corrected chi connectivity index (χ0v) is 13.7. The van der Waals surface area contributed by atoms with Crippen LogP contribution in [0.15, 0.2) is 59.2 Å². The molecular formula is C18H17BrN2O. The predicted octanol–water partition coefficient (Wildman–Crippen LogP) is 4.58. The number of carbonyl (C=O) groups excluding carboxylic acids is 1. The maximum absolute atomic E-state index is 12.4. The Morgan fingerprint density at radius 1 is 1.14 bits per heavy atom. The molecule has 0 unspecified atom stereocenters. The number of rotatable bonds is 2. The Balaban J connectivity index is 1.70. The fraction of sp³-hybridized carbons (Fsp3) is 0.167. The van der Waals surface area contributed by atoms with Crippen molar-refractivity contribution in [2.45, 2.75) is 12.8 Å². The number of hydrogen-bond acceptors (Lipinski definition) is 1. The summed E-state index contributed by atoms with van der Waals surface area (Å²) in [5.41, 5.74) is 3.28. The van der Waals surface area contributed by atoms with E-state index in [2.05, 4.69) is 27.3 Å². The Kier molecular flexibility index (Phi) is 4.59. The Bertz CT molecular complexity index is 712. The number of benzene rings is 2. The minimum atomic E-state index is -0.0875. The van der Waals surface area contributed by atoms with Gasteiger partial charge in [0, 0.05) is 22.9 Å². The normalized spacial score (nSPS) is 14.0. The van der Waals surface area contributed by atoms with Crippen molar-refractivity contribution < 1.29 is 4.79 Å². The number of amides is 2. The fourth-order valence-electron chi connectivity index (χ4n) is 2.64. The molecule has 1 N–H and O–H groups in total. The molecule has 112 valence electrons. The molecule has 0 fully saturated rings. The van der Waals surface area contributed by atoms with Gasteiger partial charge in [0.15, 0.2) is 0 Å². The monoisotopic (exact) mass is 356 g/mol. The molecule has 1 heterocycles. The quantitative estimate of drug-likeness (QED) is 0.838. The van der Waals surface area contributed by atoms with Crippen molar-refractivity contribution in [1.29, 1.82) is 0 Å². The summed E-state index contributed by atoms with van der Waals surface area (Å²) in [6.07, 6.45) is 5.61. The summed E-state index contributed by atoms with van der Waals surface area (Å²) in [5.74, 6) is 0.